The lowest BCUT2D eigenvalue weighted by atomic mass is 9.97. The Bertz CT molecular complexity index is 668. The quantitative estimate of drug-likeness (QED) is 0.167. The zero-order valence-electron chi connectivity index (χ0n) is 22.8. The Hall–Kier alpha value is -1.34. The first-order valence-corrected chi connectivity index (χ1v) is 13.9. The number of aliphatic hydroxyl groups is 3. The number of ether oxygens (including phenoxy) is 3. The fourth-order valence-corrected chi connectivity index (χ4v) is 4.78. The second-order valence-corrected chi connectivity index (χ2v) is 10.4. The van der Waals surface area contributed by atoms with Crippen LogP contribution >= 0.6 is 0 Å². The van der Waals surface area contributed by atoms with Gasteiger partial charge in [0.25, 0.3) is 0 Å². The zero-order chi connectivity index (χ0) is 27.2. The van der Waals surface area contributed by atoms with E-state index >= 15 is 0 Å². The van der Waals surface area contributed by atoms with E-state index in [9.17, 15) is 24.9 Å². The molecule has 37 heavy (non-hydrogen) atoms. The molecule has 0 radical (unpaired) electrons. The topological polar surface area (TPSA) is 150 Å². The van der Waals surface area contributed by atoms with Gasteiger partial charge in [0.1, 0.15) is 24.4 Å². The lowest BCUT2D eigenvalue weighted by Gasteiger charge is -2.42. The Kier molecular flexibility index (Phi) is 14.9. The van der Waals surface area contributed by atoms with Crippen LogP contribution in [0.15, 0.2) is 0 Å². The van der Waals surface area contributed by atoms with Gasteiger partial charge in [-0.05, 0) is 65.5 Å². The molecule has 2 aliphatic rings. The molecule has 2 saturated heterocycles. The molecule has 2 aliphatic heterocycles. The van der Waals surface area contributed by atoms with Gasteiger partial charge in [-0.2, -0.15) is 0 Å². The van der Waals surface area contributed by atoms with Crippen LogP contribution in [0.3, 0.4) is 0 Å². The highest BCUT2D eigenvalue weighted by Crippen LogP contribution is 2.22. The van der Waals surface area contributed by atoms with E-state index in [1.807, 2.05) is 18.7 Å². The number of aliphatic hydroxyl groups excluding tert-OH is 3. The summed E-state index contributed by atoms with van der Waals surface area (Å²) in [6.45, 7) is 8.64. The molecule has 2 rings (SSSR count). The maximum atomic E-state index is 12.3. The largest absolute Gasteiger partial charge is 0.394 e. The lowest BCUT2D eigenvalue weighted by molar-refractivity contribution is -0.270. The van der Waals surface area contributed by atoms with E-state index in [4.69, 9.17) is 14.2 Å². The summed E-state index contributed by atoms with van der Waals surface area (Å²) in [6.07, 6.45) is 3.09. The standard InChI is InChI=1S/C26H49N3O8/c1-18(2)36-20-11-14-29(16-20)22(32)10-6-4-7-12-27-13-8-5-9-15-35-26-23(28-19(3)31)25(34)24(33)21(17-30)37-26/h18,20-21,23-27,30,33-34H,4-17H2,1-3H3,(H,28,31)/t20-,21?,23?,24?,25?,26?/m1/s1. The number of unbranched alkanes of at least 4 members (excludes halogenated alkanes) is 4. The maximum absolute atomic E-state index is 12.3. The summed E-state index contributed by atoms with van der Waals surface area (Å²) in [5.41, 5.74) is 0. The molecule has 216 valence electrons. The molecule has 0 spiro atoms. The molecule has 5 unspecified atom stereocenters. The van der Waals surface area contributed by atoms with Crippen LogP contribution in [0, 0.1) is 0 Å². The van der Waals surface area contributed by atoms with Crippen LogP contribution in [0.1, 0.15) is 72.1 Å². The van der Waals surface area contributed by atoms with Crippen molar-refractivity contribution in [3.05, 3.63) is 0 Å². The molecule has 0 aromatic rings. The molecule has 5 N–H and O–H groups in total. The number of rotatable bonds is 17. The number of hydrogen-bond acceptors (Lipinski definition) is 9. The number of carbonyl (C=O) groups excluding carboxylic acids is 2. The van der Waals surface area contributed by atoms with Crippen molar-refractivity contribution < 1.29 is 39.1 Å². The molecule has 2 amide bonds. The van der Waals surface area contributed by atoms with Crippen molar-refractivity contribution in [2.45, 2.75) is 115 Å². The summed E-state index contributed by atoms with van der Waals surface area (Å²) in [4.78, 5) is 25.7. The molecule has 0 saturated carbocycles. The Morgan fingerprint density at radius 2 is 1.76 bits per heavy atom. The van der Waals surface area contributed by atoms with Crippen LogP contribution in [-0.4, -0.2) is 114 Å². The molecule has 0 aromatic heterocycles. The zero-order valence-corrected chi connectivity index (χ0v) is 22.8. The van der Waals surface area contributed by atoms with Crippen LogP contribution < -0.4 is 10.6 Å². The van der Waals surface area contributed by atoms with Crippen molar-refractivity contribution >= 4 is 11.8 Å². The number of hydrogen-bond donors (Lipinski definition) is 5. The summed E-state index contributed by atoms with van der Waals surface area (Å²) in [7, 11) is 0. The minimum Gasteiger partial charge on any atom is -0.394 e. The molecule has 0 aromatic carbocycles. The average Bonchev–Trinajstić information content (AvgIpc) is 3.31. The molecule has 2 heterocycles. The third-order valence-corrected chi connectivity index (χ3v) is 6.74. The number of amides is 2. The summed E-state index contributed by atoms with van der Waals surface area (Å²) in [6, 6.07) is -0.904. The van der Waals surface area contributed by atoms with Gasteiger partial charge in [0.2, 0.25) is 11.8 Å². The van der Waals surface area contributed by atoms with Gasteiger partial charge in [0.15, 0.2) is 6.29 Å². The summed E-state index contributed by atoms with van der Waals surface area (Å²) >= 11 is 0. The molecule has 11 nitrogen and oxygen atoms in total. The minimum atomic E-state index is -1.31. The van der Waals surface area contributed by atoms with Crippen LogP contribution in [0.2, 0.25) is 0 Å². The van der Waals surface area contributed by atoms with Crippen LogP contribution in [0.25, 0.3) is 0 Å². The Morgan fingerprint density at radius 3 is 2.41 bits per heavy atom. The first-order chi connectivity index (χ1) is 17.7. The van der Waals surface area contributed by atoms with E-state index in [1.54, 1.807) is 0 Å². The molecule has 11 heteroatoms. The SMILES string of the molecule is CC(=O)NC1C(OCCCCCNCCCCCC(=O)N2CC[C@@H](OC(C)C)C2)OC(CO)C(O)C1O. The van der Waals surface area contributed by atoms with Gasteiger partial charge < -0.3 is 45.1 Å². The highest BCUT2D eigenvalue weighted by Gasteiger charge is 2.45. The van der Waals surface area contributed by atoms with Gasteiger partial charge in [-0.1, -0.05) is 6.42 Å². The van der Waals surface area contributed by atoms with E-state index in [0.717, 1.165) is 71.1 Å². The van der Waals surface area contributed by atoms with E-state index in [0.29, 0.717) is 13.0 Å². The number of nitrogens with one attached hydrogen (secondary N) is 2. The van der Waals surface area contributed by atoms with Gasteiger partial charge in [-0.25, -0.2) is 0 Å². The second kappa shape index (κ2) is 17.3. The van der Waals surface area contributed by atoms with Crippen molar-refractivity contribution in [1.29, 1.82) is 0 Å². The third kappa shape index (κ3) is 11.5. The average molecular weight is 532 g/mol. The predicted octanol–water partition coefficient (Wildman–Crippen LogP) is 0.293. The summed E-state index contributed by atoms with van der Waals surface area (Å²) in [5, 5.41) is 35.7. The highest BCUT2D eigenvalue weighted by molar-refractivity contribution is 5.76. The van der Waals surface area contributed by atoms with Crippen molar-refractivity contribution in [2.24, 2.45) is 0 Å². The van der Waals surface area contributed by atoms with Crippen molar-refractivity contribution in [1.82, 2.24) is 15.5 Å². The normalized spacial score (nSPS) is 28.1. The Labute approximate surface area is 221 Å². The maximum Gasteiger partial charge on any atom is 0.222 e. The van der Waals surface area contributed by atoms with E-state index in [-0.39, 0.29) is 24.0 Å². The van der Waals surface area contributed by atoms with Gasteiger partial charge in [-0.3, -0.25) is 9.59 Å². The molecule has 2 fully saturated rings. The third-order valence-electron chi connectivity index (χ3n) is 6.74. The minimum absolute atomic E-state index is 0.182. The molecule has 0 bridgehead atoms. The van der Waals surface area contributed by atoms with E-state index < -0.39 is 37.3 Å². The molecule has 0 aliphatic carbocycles. The van der Waals surface area contributed by atoms with Crippen LogP contribution in [0.5, 0.6) is 0 Å². The van der Waals surface area contributed by atoms with Crippen LogP contribution in [0.4, 0.5) is 0 Å². The number of nitrogens with zero attached hydrogens (tertiary/aromatic N) is 1. The van der Waals surface area contributed by atoms with Crippen molar-refractivity contribution in [2.75, 3.05) is 39.4 Å². The van der Waals surface area contributed by atoms with Crippen molar-refractivity contribution in [3.8, 4) is 0 Å². The molecular formula is C26H49N3O8. The fraction of sp³-hybridized carbons (Fsp3) is 0.923. The monoisotopic (exact) mass is 531 g/mol. The van der Waals surface area contributed by atoms with Gasteiger partial charge in [-0.15, -0.1) is 0 Å². The highest BCUT2D eigenvalue weighted by atomic mass is 16.7. The summed E-state index contributed by atoms with van der Waals surface area (Å²) < 4.78 is 17.1. The lowest BCUT2D eigenvalue weighted by Crippen LogP contribution is -2.64. The fourth-order valence-electron chi connectivity index (χ4n) is 4.78. The van der Waals surface area contributed by atoms with E-state index in [2.05, 4.69) is 10.6 Å². The van der Waals surface area contributed by atoms with Gasteiger partial charge in [0, 0.05) is 33.0 Å². The molecule has 6 atom stereocenters. The smallest absolute Gasteiger partial charge is 0.222 e. The predicted molar refractivity (Wildman–Crippen MR) is 138 cm³/mol. The number of likely N-dealkylation sites (tertiary alicyclic amines) is 1. The summed E-state index contributed by atoms with van der Waals surface area (Å²) in [5.74, 6) is -0.130. The van der Waals surface area contributed by atoms with Gasteiger partial charge in [0.05, 0.1) is 18.8 Å². The first kappa shape index (κ1) is 31.9. The van der Waals surface area contributed by atoms with Crippen LogP contribution in [-0.2, 0) is 23.8 Å². The van der Waals surface area contributed by atoms with Crippen molar-refractivity contribution in [3.63, 3.8) is 0 Å². The molecular weight excluding hydrogens is 482 g/mol. The first-order valence-electron chi connectivity index (χ1n) is 13.9. The van der Waals surface area contributed by atoms with E-state index in [1.165, 1.54) is 6.92 Å². The Balaban J connectivity index is 1.46. The number of carbonyl (C=O) groups is 2. The van der Waals surface area contributed by atoms with Gasteiger partial charge >= 0.3 is 0 Å². The second-order valence-electron chi connectivity index (χ2n) is 10.4. The Morgan fingerprint density at radius 1 is 1.05 bits per heavy atom.